The van der Waals surface area contributed by atoms with E-state index in [0.717, 1.165) is 0 Å². The normalized spacial score (nSPS) is 15.4. The number of pyridine rings is 1. The summed E-state index contributed by atoms with van der Waals surface area (Å²) >= 11 is 0. The van der Waals surface area contributed by atoms with Gasteiger partial charge in [-0.05, 0) is 25.5 Å². The quantitative estimate of drug-likeness (QED) is 0.692. The summed E-state index contributed by atoms with van der Waals surface area (Å²) in [4.78, 5) is 31.4. The molecule has 0 radical (unpaired) electrons. The van der Waals surface area contributed by atoms with Gasteiger partial charge in [-0.3, -0.25) is 4.79 Å². The molecule has 1 aliphatic heterocycles. The highest BCUT2D eigenvalue weighted by atomic mass is 19.4. The summed E-state index contributed by atoms with van der Waals surface area (Å²) in [5, 5.41) is 0. The van der Waals surface area contributed by atoms with Gasteiger partial charge in [-0.2, -0.15) is 13.2 Å². The van der Waals surface area contributed by atoms with E-state index in [1.54, 1.807) is 19.1 Å². The van der Waals surface area contributed by atoms with E-state index in [9.17, 15) is 22.8 Å². The molecule has 150 valence electrons. The summed E-state index contributed by atoms with van der Waals surface area (Å²) in [6, 6.07) is 3.33. The van der Waals surface area contributed by atoms with E-state index < -0.39 is 31.3 Å². The predicted molar refractivity (Wildman–Crippen MR) is 90.5 cm³/mol. The average Bonchev–Trinajstić information content (AvgIpc) is 2.87. The Morgan fingerprint density at radius 1 is 1.19 bits per heavy atom. The number of esters is 1. The Morgan fingerprint density at radius 2 is 1.96 bits per heavy atom. The maximum Gasteiger partial charge on any atom is 0.411 e. The number of nitrogens with zero attached hydrogens (tertiary/aromatic N) is 3. The molecule has 0 N–H and O–H groups in total. The minimum atomic E-state index is -4.45. The van der Waals surface area contributed by atoms with Crippen LogP contribution in [-0.4, -0.2) is 73.9 Å². The van der Waals surface area contributed by atoms with Crippen molar-refractivity contribution in [1.29, 1.82) is 0 Å². The average molecular weight is 389 g/mol. The Kier molecular flexibility index (Phi) is 7.40. The fourth-order valence-corrected chi connectivity index (χ4v) is 2.65. The maximum atomic E-state index is 12.1. The first-order valence-electron chi connectivity index (χ1n) is 8.60. The van der Waals surface area contributed by atoms with Crippen LogP contribution in [0.2, 0.25) is 0 Å². The van der Waals surface area contributed by atoms with E-state index in [2.05, 4.69) is 9.72 Å². The van der Waals surface area contributed by atoms with E-state index in [1.165, 1.54) is 11.1 Å². The number of aromatic nitrogens is 1. The first-order valence-corrected chi connectivity index (χ1v) is 8.60. The van der Waals surface area contributed by atoms with Crippen molar-refractivity contribution in [2.75, 3.05) is 50.9 Å². The Balaban J connectivity index is 1.87. The van der Waals surface area contributed by atoms with Gasteiger partial charge in [-0.25, -0.2) is 9.78 Å². The lowest BCUT2D eigenvalue weighted by atomic mass is 10.2. The Bertz CT molecular complexity index is 637. The molecule has 2 rings (SSSR count). The fourth-order valence-electron chi connectivity index (χ4n) is 2.65. The highest BCUT2D eigenvalue weighted by Gasteiger charge is 2.28. The summed E-state index contributed by atoms with van der Waals surface area (Å²) in [6.45, 7) is 1.89. The lowest BCUT2D eigenvalue weighted by Gasteiger charge is -2.23. The zero-order chi connectivity index (χ0) is 19.9. The monoisotopic (exact) mass is 389 g/mol. The number of amides is 1. The molecule has 27 heavy (non-hydrogen) atoms. The molecule has 0 aliphatic carbocycles. The molecule has 1 aromatic rings. The maximum absolute atomic E-state index is 12.1. The van der Waals surface area contributed by atoms with Crippen LogP contribution in [0.25, 0.3) is 0 Å². The minimum absolute atomic E-state index is 0.281. The molecule has 0 spiro atoms. The Morgan fingerprint density at radius 3 is 2.59 bits per heavy atom. The van der Waals surface area contributed by atoms with Crippen LogP contribution in [0.5, 0.6) is 0 Å². The molecule has 7 nitrogen and oxygen atoms in total. The van der Waals surface area contributed by atoms with Crippen LogP contribution in [0.15, 0.2) is 18.3 Å². The zero-order valence-corrected chi connectivity index (χ0v) is 15.0. The summed E-state index contributed by atoms with van der Waals surface area (Å²) in [5.41, 5.74) is 0.356. The third kappa shape index (κ3) is 6.70. The molecule has 0 atom stereocenters. The number of ether oxygens (including phenoxy) is 2. The van der Waals surface area contributed by atoms with Gasteiger partial charge in [0.15, 0.2) is 0 Å². The molecule has 0 aromatic carbocycles. The highest BCUT2D eigenvalue weighted by Crippen LogP contribution is 2.16. The SMILES string of the molecule is CCOC(=O)c1ccc(N2CCCN(C(=O)COCC(F)(F)F)CC2)nc1. The second-order valence-corrected chi connectivity index (χ2v) is 5.95. The molecule has 1 amide bonds. The standard InChI is InChI=1S/C17H22F3N3O4/c1-2-27-16(25)13-4-5-14(21-10-13)22-6-3-7-23(9-8-22)15(24)11-26-12-17(18,19)20/h4-5,10H,2-3,6-9,11-12H2,1H3. The van der Waals surface area contributed by atoms with Crippen molar-refractivity contribution in [3.8, 4) is 0 Å². The van der Waals surface area contributed by atoms with Gasteiger partial charge in [0.25, 0.3) is 0 Å². The summed E-state index contributed by atoms with van der Waals surface area (Å²) in [6.07, 6.45) is -2.37. The van der Waals surface area contributed by atoms with Crippen LogP contribution in [0.3, 0.4) is 0 Å². The number of carbonyl (C=O) groups is 2. The van der Waals surface area contributed by atoms with Crippen molar-refractivity contribution in [3.05, 3.63) is 23.9 Å². The molecule has 1 aromatic heterocycles. The van der Waals surface area contributed by atoms with Gasteiger partial charge in [0.1, 0.15) is 19.0 Å². The lowest BCUT2D eigenvalue weighted by molar-refractivity contribution is -0.177. The third-order valence-corrected chi connectivity index (χ3v) is 3.92. The van der Waals surface area contributed by atoms with E-state index >= 15 is 0 Å². The van der Waals surface area contributed by atoms with E-state index in [0.29, 0.717) is 44.0 Å². The molecule has 1 fully saturated rings. The van der Waals surface area contributed by atoms with Crippen molar-refractivity contribution in [3.63, 3.8) is 0 Å². The van der Waals surface area contributed by atoms with Gasteiger partial charge >= 0.3 is 12.1 Å². The number of hydrogen-bond acceptors (Lipinski definition) is 6. The van der Waals surface area contributed by atoms with Crippen molar-refractivity contribution in [2.45, 2.75) is 19.5 Å². The van der Waals surface area contributed by atoms with Gasteiger partial charge < -0.3 is 19.3 Å². The topological polar surface area (TPSA) is 72.0 Å². The number of alkyl halides is 3. The third-order valence-electron chi connectivity index (χ3n) is 3.92. The Labute approximate surface area is 155 Å². The molecule has 0 saturated carbocycles. The van der Waals surface area contributed by atoms with Gasteiger partial charge in [-0.1, -0.05) is 0 Å². The van der Waals surface area contributed by atoms with Crippen molar-refractivity contribution in [2.24, 2.45) is 0 Å². The van der Waals surface area contributed by atoms with Gasteiger partial charge in [0.05, 0.1) is 12.2 Å². The van der Waals surface area contributed by atoms with E-state index in [1.807, 2.05) is 4.90 Å². The van der Waals surface area contributed by atoms with Gasteiger partial charge in [0.2, 0.25) is 5.91 Å². The second kappa shape index (κ2) is 9.54. The van der Waals surface area contributed by atoms with Crippen LogP contribution in [-0.2, 0) is 14.3 Å². The van der Waals surface area contributed by atoms with Crippen LogP contribution < -0.4 is 4.90 Å². The molecule has 0 unspecified atom stereocenters. The summed E-state index contributed by atoms with van der Waals surface area (Å²) in [7, 11) is 0. The number of halogens is 3. The first kappa shape index (κ1) is 20.9. The molecular formula is C17H22F3N3O4. The molecule has 1 saturated heterocycles. The molecule has 1 aliphatic rings. The zero-order valence-electron chi connectivity index (χ0n) is 15.0. The van der Waals surface area contributed by atoms with Crippen LogP contribution in [0, 0.1) is 0 Å². The molecule has 10 heteroatoms. The van der Waals surface area contributed by atoms with Crippen molar-refractivity contribution in [1.82, 2.24) is 9.88 Å². The Hall–Kier alpha value is -2.36. The number of carbonyl (C=O) groups excluding carboxylic acids is 2. The first-order chi connectivity index (χ1) is 12.8. The molecule has 2 heterocycles. The van der Waals surface area contributed by atoms with Crippen molar-refractivity contribution >= 4 is 17.7 Å². The predicted octanol–water partition coefficient (Wildman–Crippen LogP) is 1.88. The highest BCUT2D eigenvalue weighted by molar-refractivity contribution is 5.89. The molecule has 0 bridgehead atoms. The van der Waals surface area contributed by atoms with Crippen LogP contribution >= 0.6 is 0 Å². The smallest absolute Gasteiger partial charge is 0.411 e. The largest absolute Gasteiger partial charge is 0.462 e. The van der Waals surface area contributed by atoms with E-state index in [4.69, 9.17) is 4.74 Å². The summed E-state index contributed by atoms with van der Waals surface area (Å²) in [5.74, 6) is -0.250. The fraction of sp³-hybridized carbons (Fsp3) is 0.588. The number of rotatable bonds is 6. The minimum Gasteiger partial charge on any atom is -0.462 e. The number of hydrogen-bond donors (Lipinski definition) is 0. The molecular weight excluding hydrogens is 367 g/mol. The van der Waals surface area contributed by atoms with Crippen molar-refractivity contribution < 1.29 is 32.2 Å². The van der Waals surface area contributed by atoms with Crippen LogP contribution in [0.4, 0.5) is 19.0 Å². The van der Waals surface area contributed by atoms with E-state index in [-0.39, 0.29) is 6.61 Å². The number of anilines is 1. The van der Waals surface area contributed by atoms with Crippen LogP contribution in [0.1, 0.15) is 23.7 Å². The second-order valence-electron chi connectivity index (χ2n) is 5.95. The lowest BCUT2D eigenvalue weighted by Crippen LogP contribution is -2.38. The van der Waals surface area contributed by atoms with Gasteiger partial charge in [0, 0.05) is 32.4 Å². The summed E-state index contributed by atoms with van der Waals surface area (Å²) < 4.78 is 45.6. The van der Waals surface area contributed by atoms with Gasteiger partial charge in [-0.15, -0.1) is 0 Å².